The van der Waals surface area contributed by atoms with E-state index in [2.05, 4.69) is 31.8 Å². The molecule has 0 spiro atoms. The monoisotopic (exact) mass is 495 g/mol. The lowest BCUT2D eigenvalue weighted by Gasteiger charge is -2.14. The lowest BCUT2D eigenvalue weighted by atomic mass is 9.93. The highest BCUT2D eigenvalue weighted by molar-refractivity contribution is 5.94. The lowest BCUT2D eigenvalue weighted by molar-refractivity contribution is -0.161. The first-order valence-corrected chi connectivity index (χ1v) is 12.7. The van der Waals surface area contributed by atoms with Crippen LogP contribution < -0.4 is 4.74 Å². The van der Waals surface area contributed by atoms with Crippen LogP contribution in [0.2, 0.25) is 0 Å². The van der Waals surface area contributed by atoms with Gasteiger partial charge in [0.25, 0.3) is 0 Å². The minimum atomic E-state index is -0.854. The number of aromatic nitrogens is 1. The third kappa shape index (κ3) is 7.33. The van der Waals surface area contributed by atoms with E-state index in [-0.39, 0.29) is 18.6 Å². The smallest absolute Gasteiger partial charge is 0.320 e. The van der Waals surface area contributed by atoms with Gasteiger partial charge in [-0.05, 0) is 61.7 Å². The van der Waals surface area contributed by atoms with Crippen LogP contribution in [0.1, 0.15) is 66.0 Å². The Balaban J connectivity index is 1.50. The molecule has 3 rings (SSSR count). The van der Waals surface area contributed by atoms with Gasteiger partial charge in [0.2, 0.25) is 5.89 Å². The molecule has 2 aromatic carbocycles. The first-order valence-electron chi connectivity index (χ1n) is 12.7. The van der Waals surface area contributed by atoms with E-state index in [1.54, 1.807) is 20.1 Å². The van der Waals surface area contributed by atoms with E-state index in [1.807, 2.05) is 30.3 Å². The van der Waals surface area contributed by atoms with Crippen LogP contribution in [0.4, 0.5) is 0 Å². The minimum Gasteiger partial charge on any atom is -0.494 e. The minimum absolute atomic E-state index is 0.0612. The zero-order chi connectivity index (χ0) is 26.1. The fraction of sp³-hybridized carbons (Fsp3) is 0.483. The zero-order valence-corrected chi connectivity index (χ0v) is 22.0. The van der Waals surface area contributed by atoms with E-state index in [1.165, 1.54) is 0 Å². The van der Waals surface area contributed by atoms with Crippen molar-refractivity contribution in [3.05, 3.63) is 48.4 Å². The number of esters is 2. The summed E-state index contributed by atoms with van der Waals surface area (Å²) in [6.45, 7) is 10.8. The van der Waals surface area contributed by atoms with Gasteiger partial charge in [-0.25, -0.2) is 4.98 Å². The molecule has 1 heterocycles. The maximum atomic E-state index is 12.1. The fourth-order valence-corrected chi connectivity index (χ4v) is 3.83. The molecule has 0 saturated heterocycles. The van der Waals surface area contributed by atoms with Crippen LogP contribution in [0, 0.1) is 5.92 Å². The Morgan fingerprint density at radius 1 is 0.917 bits per heavy atom. The average molecular weight is 496 g/mol. The molecule has 0 aliphatic rings. The summed E-state index contributed by atoms with van der Waals surface area (Å²) >= 11 is 0. The van der Waals surface area contributed by atoms with Crippen molar-refractivity contribution in [1.82, 2.24) is 4.98 Å². The van der Waals surface area contributed by atoms with Crippen LogP contribution in [-0.2, 0) is 24.5 Å². The van der Waals surface area contributed by atoms with E-state index in [0.29, 0.717) is 25.3 Å². The zero-order valence-electron chi connectivity index (χ0n) is 22.0. The predicted octanol–water partition coefficient (Wildman–Crippen LogP) is 6.47. The second kappa shape index (κ2) is 12.6. The van der Waals surface area contributed by atoms with Crippen LogP contribution in [0.15, 0.2) is 47.1 Å². The van der Waals surface area contributed by atoms with Crippen LogP contribution in [0.3, 0.4) is 0 Å². The van der Waals surface area contributed by atoms with Crippen molar-refractivity contribution in [2.45, 2.75) is 65.7 Å². The molecule has 0 bridgehead atoms. The van der Waals surface area contributed by atoms with Crippen LogP contribution >= 0.6 is 0 Å². The van der Waals surface area contributed by atoms with E-state index < -0.39 is 17.9 Å². The number of rotatable bonds is 12. The third-order valence-electron chi connectivity index (χ3n) is 5.88. The lowest BCUT2D eigenvalue weighted by Crippen LogP contribution is -2.28. The molecule has 0 radical (unpaired) electrons. The van der Waals surface area contributed by atoms with Crippen LogP contribution in [0.25, 0.3) is 22.2 Å². The summed E-state index contributed by atoms with van der Waals surface area (Å²) in [6, 6.07) is 12.1. The number of unbranched alkanes of at least 4 members (excludes halogenated alkanes) is 2. The highest BCUT2D eigenvalue weighted by atomic mass is 16.6. The SMILES string of the molecule is CCOC(=O)C(CCCCCOc1ccc2cc(-c3nc(C(C)(C)C)co3)ccc2c1)C(=O)OCC. The van der Waals surface area contributed by atoms with Gasteiger partial charge in [-0.15, -0.1) is 0 Å². The van der Waals surface area contributed by atoms with Gasteiger partial charge in [-0.1, -0.05) is 45.7 Å². The maximum Gasteiger partial charge on any atom is 0.320 e. The fourth-order valence-electron chi connectivity index (χ4n) is 3.83. The standard InChI is InChI=1S/C29H37NO6/c1-6-33-27(31)24(28(32)34-7-2)11-9-8-10-16-35-23-15-14-20-17-22(13-12-21(20)18-23)26-30-25(19-36-26)29(3,4)5/h12-15,17-19,24H,6-11,16H2,1-5H3. The Labute approximate surface area is 213 Å². The average Bonchev–Trinajstić information content (AvgIpc) is 3.34. The van der Waals surface area contributed by atoms with E-state index in [9.17, 15) is 9.59 Å². The molecule has 1 aromatic heterocycles. The van der Waals surface area contributed by atoms with Gasteiger partial charge >= 0.3 is 11.9 Å². The van der Waals surface area contributed by atoms with Gasteiger partial charge in [0.05, 0.1) is 25.5 Å². The topological polar surface area (TPSA) is 87.9 Å². The molecule has 36 heavy (non-hydrogen) atoms. The van der Waals surface area contributed by atoms with E-state index >= 15 is 0 Å². The molecule has 3 aromatic rings. The van der Waals surface area contributed by atoms with Gasteiger partial charge in [-0.3, -0.25) is 9.59 Å². The Hall–Kier alpha value is -3.35. The molecule has 194 valence electrons. The number of hydrogen-bond acceptors (Lipinski definition) is 7. The summed E-state index contributed by atoms with van der Waals surface area (Å²) in [5.74, 6) is -0.451. The van der Waals surface area contributed by atoms with Crippen LogP contribution in [-0.4, -0.2) is 36.7 Å². The summed E-state index contributed by atoms with van der Waals surface area (Å²) in [4.78, 5) is 28.8. The van der Waals surface area contributed by atoms with Crippen LogP contribution in [0.5, 0.6) is 5.75 Å². The Bertz CT molecular complexity index is 1140. The van der Waals surface area contributed by atoms with Crippen molar-refractivity contribution >= 4 is 22.7 Å². The second-order valence-corrected chi connectivity index (χ2v) is 9.77. The summed E-state index contributed by atoms with van der Waals surface area (Å²) in [5.41, 5.74) is 1.81. The molecule has 7 nitrogen and oxygen atoms in total. The first-order chi connectivity index (χ1) is 17.2. The molecule has 0 amide bonds. The van der Waals surface area contributed by atoms with Gasteiger partial charge in [0, 0.05) is 11.0 Å². The summed E-state index contributed by atoms with van der Waals surface area (Å²) in [5, 5.41) is 2.16. The molecular formula is C29H37NO6. The van der Waals surface area contributed by atoms with E-state index in [0.717, 1.165) is 40.6 Å². The molecule has 0 unspecified atom stereocenters. The quantitative estimate of drug-likeness (QED) is 0.162. The van der Waals surface area contributed by atoms with Crippen molar-refractivity contribution in [2.75, 3.05) is 19.8 Å². The van der Waals surface area contributed by atoms with Crippen molar-refractivity contribution in [3.8, 4) is 17.2 Å². The number of fused-ring (bicyclic) bond motifs is 1. The summed E-state index contributed by atoms with van der Waals surface area (Å²) in [6.07, 6.45) is 4.50. The van der Waals surface area contributed by atoms with Gasteiger partial charge in [-0.2, -0.15) is 0 Å². The Kier molecular flexibility index (Phi) is 9.51. The van der Waals surface area contributed by atoms with Crippen molar-refractivity contribution < 1.29 is 28.2 Å². The molecular weight excluding hydrogens is 458 g/mol. The third-order valence-corrected chi connectivity index (χ3v) is 5.88. The molecule has 0 atom stereocenters. The Morgan fingerprint density at radius 3 is 2.22 bits per heavy atom. The first kappa shape index (κ1) is 27.2. The molecule has 7 heteroatoms. The van der Waals surface area contributed by atoms with Gasteiger partial charge < -0.3 is 18.6 Å². The number of oxazole rings is 1. The number of hydrogen-bond donors (Lipinski definition) is 0. The number of benzene rings is 2. The largest absolute Gasteiger partial charge is 0.494 e. The summed E-state index contributed by atoms with van der Waals surface area (Å²) in [7, 11) is 0. The number of nitrogens with zero attached hydrogens (tertiary/aromatic N) is 1. The number of carbonyl (C=O) groups is 2. The highest BCUT2D eigenvalue weighted by Crippen LogP contribution is 2.29. The van der Waals surface area contributed by atoms with Gasteiger partial charge in [0.15, 0.2) is 5.92 Å². The molecule has 0 aliphatic heterocycles. The van der Waals surface area contributed by atoms with Gasteiger partial charge in [0.1, 0.15) is 12.0 Å². The number of carbonyl (C=O) groups excluding carboxylic acids is 2. The van der Waals surface area contributed by atoms with Crippen molar-refractivity contribution in [1.29, 1.82) is 0 Å². The second-order valence-electron chi connectivity index (χ2n) is 9.77. The molecule has 0 N–H and O–H groups in total. The molecule has 0 fully saturated rings. The Morgan fingerprint density at radius 2 is 1.58 bits per heavy atom. The molecule has 0 aliphatic carbocycles. The highest BCUT2D eigenvalue weighted by Gasteiger charge is 2.28. The summed E-state index contributed by atoms with van der Waals surface area (Å²) < 4.78 is 21.7. The number of ether oxygens (including phenoxy) is 3. The van der Waals surface area contributed by atoms with Crippen molar-refractivity contribution in [2.24, 2.45) is 5.92 Å². The normalized spacial score (nSPS) is 11.6. The predicted molar refractivity (Wildman–Crippen MR) is 139 cm³/mol. The maximum absolute atomic E-state index is 12.1. The van der Waals surface area contributed by atoms with E-state index in [4.69, 9.17) is 18.6 Å². The van der Waals surface area contributed by atoms with Crippen molar-refractivity contribution in [3.63, 3.8) is 0 Å². The molecule has 0 saturated carbocycles.